The van der Waals surface area contributed by atoms with Crippen molar-refractivity contribution < 1.29 is 13.9 Å². The molecule has 0 saturated heterocycles. The third-order valence-corrected chi connectivity index (χ3v) is 2.98. The van der Waals surface area contributed by atoms with E-state index in [1.54, 1.807) is 19.2 Å². The smallest absolute Gasteiger partial charge is 0.169 e. The van der Waals surface area contributed by atoms with Crippen molar-refractivity contribution in [2.24, 2.45) is 0 Å². The monoisotopic (exact) mass is 289 g/mol. The van der Waals surface area contributed by atoms with Crippen molar-refractivity contribution in [3.05, 3.63) is 53.8 Å². The van der Waals surface area contributed by atoms with Gasteiger partial charge in [-0.2, -0.15) is 0 Å². The molecular weight excluding hydrogens is 269 g/mol. The van der Waals surface area contributed by atoms with E-state index in [4.69, 9.17) is 9.47 Å². The molecule has 0 radical (unpaired) electrons. The average molecular weight is 289 g/mol. The van der Waals surface area contributed by atoms with E-state index in [1.807, 2.05) is 18.2 Å². The van der Waals surface area contributed by atoms with E-state index >= 15 is 0 Å². The van der Waals surface area contributed by atoms with Crippen LogP contribution in [0.25, 0.3) is 0 Å². The molecular formula is C17H20FNO2. The molecule has 0 aliphatic heterocycles. The van der Waals surface area contributed by atoms with E-state index in [1.165, 1.54) is 12.1 Å². The van der Waals surface area contributed by atoms with Crippen LogP contribution < -0.4 is 14.8 Å². The van der Waals surface area contributed by atoms with Gasteiger partial charge in [0.1, 0.15) is 11.6 Å². The number of rotatable bonds is 7. The lowest BCUT2D eigenvalue weighted by molar-refractivity contribution is 0.378. The number of hydrogen-bond donors (Lipinski definition) is 1. The summed E-state index contributed by atoms with van der Waals surface area (Å²) >= 11 is 0. The zero-order valence-electron chi connectivity index (χ0n) is 12.4. The Morgan fingerprint density at radius 3 is 2.57 bits per heavy atom. The SMILES string of the molecule is CCCNCc1cc(F)cc(Oc2ccccc2OC)c1. The van der Waals surface area contributed by atoms with E-state index in [0.717, 1.165) is 18.5 Å². The standard InChI is InChI=1S/C17H20FNO2/c1-3-8-19-12-13-9-14(18)11-15(10-13)21-17-7-5-4-6-16(17)20-2/h4-7,9-11,19H,3,8,12H2,1-2H3. The first-order valence-corrected chi connectivity index (χ1v) is 7.04. The maximum absolute atomic E-state index is 13.7. The van der Waals surface area contributed by atoms with Crippen LogP contribution in [0.4, 0.5) is 4.39 Å². The summed E-state index contributed by atoms with van der Waals surface area (Å²) < 4.78 is 24.6. The lowest BCUT2D eigenvalue weighted by atomic mass is 10.2. The molecule has 21 heavy (non-hydrogen) atoms. The summed E-state index contributed by atoms with van der Waals surface area (Å²) in [6, 6.07) is 12.0. The number of hydrogen-bond acceptors (Lipinski definition) is 3. The van der Waals surface area contributed by atoms with Crippen molar-refractivity contribution in [1.29, 1.82) is 0 Å². The third kappa shape index (κ3) is 4.46. The first kappa shape index (κ1) is 15.3. The van der Waals surface area contributed by atoms with E-state index in [0.29, 0.717) is 23.8 Å². The highest BCUT2D eigenvalue weighted by Crippen LogP contribution is 2.31. The molecule has 0 heterocycles. The Kier molecular flexibility index (Phi) is 5.58. The zero-order chi connectivity index (χ0) is 15.1. The van der Waals surface area contributed by atoms with Crippen molar-refractivity contribution >= 4 is 0 Å². The van der Waals surface area contributed by atoms with Gasteiger partial charge in [0.05, 0.1) is 7.11 Å². The predicted octanol–water partition coefficient (Wildman–Crippen LogP) is 4.13. The van der Waals surface area contributed by atoms with Crippen LogP contribution in [-0.4, -0.2) is 13.7 Å². The quantitative estimate of drug-likeness (QED) is 0.778. The minimum atomic E-state index is -0.310. The molecule has 0 atom stereocenters. The molecule has 0 unspecified atom stereocenters. The fourth-order valence-corrected chi connectivity index (χ4v) is 2.02. The molecule has 0 amide bonds. The summed E-state index contributed by atoms with van der Waals surface area (Å²) in [4.78, 5) is 0. The van der Waals surface area contributed by atoms with Gasteiger partial charge in [-0.1, -0.05) is 19.1 Å². The van der Waals surface area contributed by atoms with Gasteiger partial charge in [-0.25, -0.2) is 4.39 Å². The minimum absolute atomic E-state index is 0.310. The van der Waals surface area contributed by atoms with Gasteiger partial charge in [-0.3, -0.25) is 0 Å². The average Bonchev–Trinajstić information content (AvgIpc) is 2.47. The molecule has 0 aromatic heterocycles. The fraction of sp³-hybridized carbons (Fsp3) is 0.294. The second-order valence-corrected chi connectivity index (χ2v) is 4.72. The van der Waals surface area contributed by atoms with Crippen LogP contribution >= 0.6 is 0 Å². The van der Waals surface area contributed by atoms with Crippen LogP contribution in [0, 0.1) is 5.82 Å². The Hall–Kier alpha value is -2.07. The van der Waals surface area contributed by atoms with Crippen molar-refractivity contribution in [3.8, 4) is 17.2 Å². The van der Waals surface area contributed by atoms with Gasteiger partial charge in [0.25, 0.3) is 0 Å². The molecule has 3 nitrogen and oxygen atoms in total. The van der Waals surface area contributed by atoms with Gasteiger partial charge in [0.2, 0.25) is 0 Å². The molecule has 2 aromatic carbocycles. The molecule has 2 rings (SSSR count). The Labute approximate surface area is 124 Å². The van der Waals surface area contributed by atoms with Crippen LogP contribution in [-0.2, 0) is 6.54 Å². The van der Waals surface area contributed by atoms with Gasteiger partial charge in [-0.15, -0.1) is 0 Å². The first-order chi connectivity index (χ1) is 10.2. The van der Waals surface area contributed by atoms with Crippen LogP contribution in [0.3, 0.4) is 0 Å². The maximum atomic E-state index is 13.7. The highest BCUT2D eigenvalue weighted by atomic mass is 19.1. The van der Waals surface area contributed by atoms with E-state index in [2.05, 4.69) is 12.2 Å². The predicted molar refractivity (Wildman–Crippen MR) is 81.5 cm³/mol. The molecule has 112 valence electrons. The summed E-state index contributed by atoms with van der Waals surface area (Å²) in [7, 11) is 1.58. The second-order valence-electron chi connectivity index (χ2n) is 4.72. The van der Waals surface area contributed by atoms with Crippen molar-refractivity contribution in [1.82, 2.24) is 5.32 Å². The third-order valence-electron chi connectivity index (χ3n) is 2.98. The summed E-state index contributed by atoms with van der Waals surface area (Å²) in [5, 5.41) is 3.25. The topological polar surface area (TPSA) is 30.5 Å². The fourth-order valence-electron chi connectivity index (χ4n) is 2.02. The highest BCUT2D eigenvalue weighted by molar-refractivity contribution is 5.43. The van der Waals surface area contributed by atoms with Crippen molar-refractivity contribution in [2.45, 2.75) is 19.9 Å². The van der Waals surface area contributed by atoms with Gasteiger partial charge in [0.15, 0.2) is 11.5 Å². The minimum Gasteiger partial charge on any atom is -0.493 e. The number of benzene rings is 2. The second kappa shape index (κ2) is 7.64. The van der Waals surface area contributed by atoms with Gasteiger partial charge >= 0.3 is 0 Å². The zero-order valence-corrected chi connectivity index (χ0v) is 12.4. The maximum Gasteiger partial charge on any atom is 0.169 e. The van der Waals surface area contributed by atoms with Gasteiger partial charge < -0.3 is 14.8 Å². The van der Waals surface area contributed by atoms with Crippen LogP contribution in [0.5, 0.6) is 17.2 Å². The van der Waals surface area contributed by atoms with Crippen LogP contribution in [0.2, 0.25) is 0 Å². The van der Waals surface area contributed by atoms with E-state index in [9.17, 15) is 4.39 Å². The molecule has 0 fully saturated rings. The number of ether oxygens (including phenoxy) is 2. The number of nitrogens with one attached hydrogen (secondary N) is 1. The Morgan fingerprint density at radius 2 is 1.86 bits per heavy atom. The number of halogens is 1. The van der Waals surface area contributed by atoms with Gasteiger partial charge in [-0.05, 0) is 42.8 Å². The number of methoxy groups -OCH3 is 1. The molecule has 2 aromatic rings. The lowest BCUT2D eigenvalue weighted by Crippen LogP contribution is -2.13. The molecule has 0 aliphatic carbocycles. The molecule has 4 heteroatoms. The molecule has 0 saturated carbocycles. The summed E-state index contributed by atoms with van der Waals surface area (Å²) in [5.74, 6) is 1.34. The van der Waals surface area contributed by atoms with Crippen LogP contribution in [0.1, 0.15) is 18.9 Å². The summed E-state index contributed by atoms with van der Waals surface area (Å²) in [5.41, 5.74) is 0.855. The van der Waals surface area contributed by atoms with E-state index < -0.39 is 0 Å². The Balaban J connectivity index is 2.15. The molecule has 1 N–H and O–H groups in total. The largest absolute Gasteiger partial charge is 0.493 e. The van der Waals surface area contributed by atoms with Crippen LogP contribution in [0.15, 0.2) is 42.5 Å². The van der Waals surface area contributed by atoms with Gasteiger partial charge in [0, 0.05) is 12.6 Å². The normalized spacial score (nSPS) is 10.4. The Bertz CT molecular complexity index is 587. The molecule has 0 spiro atoms. The first-order valence-electron chi connectivity index (χ1n) is 7.04. The lowest BCUT2D eigenvalue weighted by Gasteiger charge is -2.11. The van der Waals surface area contributed by atoms with Crippen molar-refractivity contribution in [2.75, 3.05) is 13.7 Å². The van der Waals surface area contributed by atoms with E-state index in [-0.39, 0.29) is 5.82 Å². The summed E-state index contributed by atoms with van der Waals surface area (Å²) in [6.07, 6.45) is 1.04. The number of para-hydroxylation sites is 2. The highest BCUT2D eigenvalue weighted by Gasteiger charge is 2.07. The molecule has 0 bridgehead atoms. The summed E-state index contributed by atoms with van der Waals surface area (Å²) in [6.45, 7) is 3.61. The van der Waals surface area contributed by atoms with Crippen molar-refractivity contribution in [3.63, 3.8) is 0 Å². The Morgan fingerprint density at radius 1 is 1.10 bits per heavy atom. The molecule has 0 aliphatic rings.